The van der Waals surface area contributed by atoms with E-state index in [-0.39, 0.29) is 49.9 Å². The fourth-order valence-electron chi connectivity index (χ4n) is 6.94. The van der Waals surface area contributed by atoms with E-state index in [0.29, 0.717) is 31.2 Å². The van der Waals surface area contributed by atoms with E-state index in [1.807, 2.05) is 51.1 Å². The monoisotopic (exact) mass is 595 g/mol. The second kappa shape index (κ2) is 13.9. The third kappa shape index (κ3) is 6.13. The number of allylic oxidation sites excluding steroid dienone is 1. The molecule has 1 spiro atoms. The van der Waals surface area contributed by atoms with Gasteiger partial charge in [-0.25, -0.2) is 0 Å². The first-order valence-corrected chi connectivity index (χ1v) is 15.3. The van der Waals surface area contributed by atoms with Crippen LogP contribution in [0.2, 0.25) is 0 Å². The molecule has 0 radical (unpaired) electrons. The Labute approximate surface area is 254 Å². The average Bonchev–Trinajstić information content (AvgIpc) is 3.65. The molecule has 3 aliphatic heterocycles. The van der Waals surface area contributed by atoms with Gasteiger partial charge in [-0.3, -0.25) is 19.2 Å². The maximum absolute atomic E-state index is 14.3. The smallest absolute Gasteiger partial charge is 0.313 e. The summed E-state index contributed by atoms with van der Waals surface area (Å²) in [7, 11) is 0. The number of carbonyl (C=O) groups is 4. The van der Waals surface area contributed by atoms with Crippen molar-refractivity contribution in [3.8, 4) is 0 Å². The van der Waals surface area contributed by atoms with Gasteiger partial charge in [-0.05, 0) is 45.1 Å². The predicted octanol–water partition coefficient (Wildman–Crippen LogP) is 2.92. The Kier molecular flexibility index (Phi) is 10.4. The first kappa shape index (κ1) is 32.4. The lowest BCUT2D eigenvalue weighted by Crippen LogP contribution is -2.59. The molecule has 3 saturated heterocycles. The third-order valence-electron chi connectivity index (χ3n) is 9.04. The first-order chi connectivity index (χ1) is 20.6. The molecule has 3 amide bonds. The number of esters is 1. The second-order valence-corrected chi connectivity index (χ2v) is 11.9. The van der Waals surface area contributed by atoms with Gasteiger partial charge in [0.25, 0.3) is 0 Å². The molecule has 43 heavy (non-hydrogen) atoms. The molecule has 3 fully saturated rings. The van der Waals surface area contributed by atoms with Gasteiger partial charge in [0.05, 0.1) is 37.1 Å². The number of likely N-dealkylation sites (tertiary alicyclic amines) is 1. The number of amides is 3. The molecule has 1 aromatic rings. The number of fused-ring (bicyclic) bond motifs is 1. The molecule has 0 saturated carbocycles. The van der Waals surface area contributed by atoms with Crippen LogP contribution in [0.3, 0.4) is 0 Å². The number of aliphatic hydroxyl groups is 1. The van der Waals surface area contributed by atoms with Crippen molar-refractivity contribution in [1.82, 2.24) is 15.1 Å². The molecule has 10 nitrogen and oxygen atoms in total. The maximum Gasteiger partial charge on any atom is 0.313 e. The first-order valence-electron chi connectivity index (χ1n) is 15.3. The summed E-state index contributed by atoms with van der Waals surface area (Å²) < 4.78 is 12.6. The van der Waals surface area contributed by atoms with Gasteiger partial charge in [0.1, 0.15) is 17.7 Å². The van der Waals surface area contributed by atoms with Crippen molar-refractivity contribution in [1.29, 1.82) is 0 Å². The number of hydrogen-bond donors (Lipinski definition) is 2. The van der Waals surface area contributed by atoms with Crippen LogP contribution in [0.15, 0.2) is 55.6 Å². The summed E-state index contributed by atoms with van der Waals surface area (Å²) in [6.45, 7) is 13.1. The lowest BCUT2D eigenvalue weighted by molar-refractivity contribution is -0.161. The number of aliphatic hydroxyl groups excluding tert-OH is 1. The molecule has 4 rings (SSSR count). The van der Waals surface area contributed by atoms with Crippen LogP contribution in [-0.2, 0) is 28.7 Å². The third-order valence-corrected chi connectivity index (χ3v) is 9.04. The van der Waals surface area contributed by atoms with Crippen molar-refractivity contribution < 1.29 is 33.8 Å². The van der Waals surface area contributed by atoms with Crippen LogP contribution in [0, 0.1) is 11.8 Å². The van der Waals surface area contributed by atoms with Gasteiger partial charge >= 0.3 is 5.97 Å². The van der Waals surface area contributed by atoms with Crippen LogP contribution >= 0.6 is 0 Å². The van der Waals surface area contributed by atoms with Crippen LogP contribution in [0.4, 0.5) is 0 Å². The fraction of sp³-hybridized carbons (Fsp3) is 0.576. The summed E-state index contributed by atoms with van der Waals surface area (Å²) in [4.78, 5) is 57.9. The van der Waals surface area contributed by atoms with E-state index < -0.39 is 47.7 Å². The van der Waals surface area contributed by atoms with E-state index in [1.165, 1.54) is 4.90 Å². The molecule has 2 N–H and O–H groups in total. The summed E-state index contributed by atoms with van der Waals surface area (Å²) in [6.07, 6.45) is 4.09. The maximum atomic E-state index is 14.3. The molecular weight excluding hydrogens is 550 g/mol. The number of ether oxygens (including phenoxy) is 2. The average molecular weight is 596 g/mol. The molecule has 7 atom stereocenters. The van der Waals surface area contributed by atoms with E-state index in [2.05, 4.69) is 18.5 Å². The Morgan fingerprint density at radius 2 is 1.95 bits per heavy atom. The van der Waals surface area contributed by atoms with E-state index >= 15 is 0 Å². The predicted molar refractivity (Wildman–Crippen MR) is 160 cm³/mol. The molecule has 3 heterocycles. The number of benzene rings is 1. The zero-order chi connectivity index (χ0) is 31.3. The van der Waals surface area contributed by atoms with Crippen molar-refractivity contribution >= 4 is 23.7 Å². The van der Waals surface area contributed by atoms with Crippen LogP contribution in [-0.4, -0.2) is 88.1 Å². The molecule has 0 aromatic heterocycles. The number of nitrogens with zero attached hydrogens (tertiary/aromatic N) is 2. The van der Waals surface area contributed by atoms with E-state index in [1.54, 1.807) is 17.1 Å². The van der Waals surface area contributed by atoms with E-state index in [4.69, 9.17) is 9.47 Å². The van der Waals surface area contributed by atoms with E-state index in [0.717, 1.165) is 0 Å². The summed E-state index contributed by atoms with van der Waals surface area (Å²) in [6, 6.07) is 7.36. The second-order valence-electron chi connectivity index (χ2n) is 11.9. The van der Waals surface area contributed by atoms with E-state index in [9.17, 15) is 24.3 Å². The zero-order valence-electron chi connectivity index (χ0n) is 25.4. The van der Waals surface area contributed by atoms with Crippen LogP contribution < -0.4 is 5.32 Å². The molecule has 1 aromatic carbocycles. The minimum absolute atomic E-state index is 0.0638. The highest BCUT2D eigenvalue weighted by atomic mass is 16.6. The van der Waals surface area contributed by atoms with Gasteiger partial charge in [0, 0.05) is 19.0 Å². The van der Waals surface area contributed by atoms with Gasteiger partial charge in [0.2, 0.25) is 17.7 Å². The summed E-state index contributed by atoms with van der Waals surface area (Å²) >= 11 is 0. The molecular formula is C33H45N3O7. The topological polar surface area (TPSA) is 125 Å². The van der Waals surface area contributed by atoms with Gasteiger partial charge in [-0.15, -0.1) is 13.2 Å². The van der Waals surface area contributed by atoms with Crippen LogP contribution in [0.1, 0.15) is 64.5 Å². The highest BCUT2D eigenvalue weighted by Gasteiger charge is 2.75. The number of rotatable bonds is 15. The minimum Gasteiger partial charge on any atom is -0.455 e. The van der Waals surface area contributed by atoms with Crippen molar-refractivity contribution in [2.24, 2.45) is 11.8 Å². The number of carbonyl (C=O) groups excluding carboxylic acids is 4. The lowest BCUT2D eigenvalue weighted by Gasteiger charge is -2.40. The Balaban J connectivity index is 1.66. The van der Waals surface area contributed by atoms with Crippen LogP contribution in [0.5, 0.6) is 0 Å². The van der Waals surface area contributed by atoms with Crippen molar-refractivity contribution in [3.63, 3.8) is 0 Å². The molecule has 234 valence electrons. The Bertz CT molecular complexity index is 1200. The Morgan fingerprint density at radius 1 is 1.23 bits per heavy atom. The van der Waals surface area contributed by atoms with Crippen molar-refractivity contribution in [3.05, 3.63) is 61.2 Å². The SMILES string of the molecule is C=CCCC(=O)NC[C@@H](OC(=O)[C@@H]1[C@@H]2CC[C@]3(O2)[C@H](C(=O)N(CC=C)C(C)C)N([C@@H](CC)CO)C(=O)[C@@H]13)c1ccccc1. The largest absolute Gasteiger partial charge is 0.455 e. The summed E-state index contributed by atoms with van der Waals surface area (Å²) in [5.74, 6) is -3.30. The fourth-order valence-corrected chi connectivity index (χ4v) is 6.94. The number of hydrogen-bond acceptors (Lipinski definition) is 7. The molecule has 3 aliphatic rings. The standard InChI is InChI=1S/C33H45N3O7/c1-6-9-15-26(38)34-19-25(22-13-11-10-12-14-22)42-32(41)27-24-16-17-33(43-24)28(27)30(39)36(23(8-3)20-37)29(33)31(40)35(18-7-2)21(4)5/h6-7,10-14,21,23-25,27-29,37H,1-2,8-9,15-20H2,3-5H3,(H,34,38)/t23-,24-,25+,27+,28+,29-,33+/m0/s1. The van der Waals surface area contributed by atoms with Crippen molar-refractivity contribution in [2.75, 3.05) is 19.7 Å². The van der Waals surface area contributed by atoms with Gasteiger partial charge < -0.3 is 29.7 Å². The molecule has 2 bridgehead atoms. The van der Waals surface area contributed by atoms with Gasteiger partial charge in [0.15, 0.2) is 0 Å². The van der Waals surface area contributed by atoms with Gasteiger partial charge in [-0.1, -0.05) is 49.4 Å². The molecule has 10 heteroatoms. The lowest BCUT2D eigenvalue weighted by atomic mass is 9.70. The van der Waals surface area contributed by atoms with Crippen LogP contribution in [0.25, 0.3) is 0 Å². The normalized spacial score (nSPS) is 27.0. The minimum atomic E-state index is -1.21. The molecule has 0 unspecified atom stereocenters. The van der Waals surface area contributed by atoms with Crippen molar-refractivity contribution in [2.45, 2.75) is 88.8 Å². The van der Waals surface area contributed by atoms with Gasteiger partial charge in [-0.2, -0.15) is 0 Å². The number of nitrogens with one attached hydrogen (secondary N) is 1. The quantitative estimate of drug-likeness (QED) is 0.236. The Hall–Kier alpha value is -3.50. The molecule has 0 aliphatic carbocycles. The highest BCUT2D eigenvalue weighted by molar-refractivity contribution is 5.98. The summed E-state index contributed by atoms with van der Waals surface area (Å²) in [5, 5.41) is 13.1. The summed E-state index contributed by atoms with van der Waals surface area (Å²) in [5.41, 5.74) is -0.505. The highest BCUT2D eigenvalue weighted by Crippen LogP contribution is 2.59. The zero-order valence-corrected chi connectivity index (χ0v) is 25.4. The Morgan fingerprint density at radius 3 is 2.56 bits per heavy atom.